The number of alkyl halides is 3. The summed E-state index contributed by atoms with van der Waals surface area (Å²) < 4.78 is 73.6. The Morgan fingerprint density at radius 2 is 1.75 bits per heavy atom. The average molecular weight is 520 g/mol. The number of halogens is 3. The maximum absolute atomic E-state index is 13.8. The van der Waals surface area contributed by atoms with Gasteiger partial charge in [-0.05, 0) is 50.2 Å². The predicted molar refractivity (Wildman–Crippen MR) is 125 cm³/mol. The van der Waals surface area contributed by atoms with E-state index < -0.39 is 32.6 Å². The predicted octanol–water partition coefficient (Wildman–Crippen LogP) is 4.60. The number of nitrogens with zero attached hydrogens (tertiary/aromatic N) is 3. The highest BCUT2D eigenvalue weighted by atomic mass is 32.2. The third-order valence-electron chi connectivity index (χ3n) is 6.81. The molecule has 0 radical (unpaired) electrons. The van der Waals surface area contributed by atoms with E-state index in [2.05, 4.69) is 4.98 Å². The van der Waals surface area contributed by atoms with Gasteiger partial charge in [0, 0.05) is 32.1 Å². The minimum Gasteiger partial charge on any atom is -0.479 e. The van der Waals surface area contributed by atoms with Crippen LogP contribution in [0.2, 0.25) is 0 Å². The fraction of sp³-hybridized carbons (Fsp3) is 0.360. The summed E-state index contributed by atoms with van der Waals surface area (Å²) in [6.07, 6.45) is -2.79. The number of pyridine rings is 1. The lowest BCUT2D eigenvalue weighted by Crippen LogP contribution is -2.50. The lowest BCUT2D eigenvalue weighted by atomic mass is 9.86. The molecule has 1 fully saturated rings. The number of benzene rings is 1. The molecule has 3 aromatic rings. The van der Waals surface area contributed by atoms with Gasteiger partial charge in [0.15, 0.2) is 15.4 Å². The van der Waals surface area contributed by atoms with Crippen molar-refractivity contribution in [2.45, 2.75) is 48.6 Å². The van der Waals surface area contributed by atoms with Crippen molar-refractivity contribution in [2.24, 2.45) is 0 Å². The molecule has 190 valence electrons. The van der Waals surface area contributed by atoms with E-state index in [-0.39, 0.29) is 42.4 Å². The number of ether oxygens (including phenoxy) is 1. The van der Waals surface area contributed by atoms with Crippen LogP contribution in [-0.2, 0) is 21.6 Å². The molecule has 1 spiro atoms. The molecule has 1 saturated heterocycles. The van der Waals surface area contributed by atoms with E-state index >= 15 is 0 Å². The highest BCUT2D eigenvalue weighted by molar-refractivity contribution is 7.92. The van der Waals surface area contributed by atoms with E-state index in [1.54, 1.807) is 43.0 Å². The Morgan fingerprint density at radius 3 is 2.36 bits per heavy atom. The molecule has 2 aromatic heterocycles. The Bertz CT molecular complexity index is 1420. The third-order valence-corrected chi connectivity index (χ3v) is 8.95. The number of fused-ring (bicyclic) bond motifs is 4. The van der Waals surface area contributed by atoms with Crippen LogP contribution in [0.25, 0.3) is 5.69 Å². The van der Waals surface area contributed by atoms with Gasteiger partial charge >= 0.3 is 6.18 Å². The van der Waals surface area contributed by atoms with Gasteiger partial charge in [0.05, 0.1) is 21.5 Å². The van der Waals surface area contributed by atoms with Crippen LogP contribution in [0, 0.1) is 0 Å². The summed E-state index contributed by atoms with van der Waals surface area (Å²) in [5.74, 6) is -0.0176. The first-order valence-electron chi connectivity index (χ1n) is 11.5. The van der Waals surface area contributed by atoms with Crippen LogP contribution in [-0.4, -0.2) is 47.1 Å². The van der Waals surface area contributed by atoms with Gasteiger partial charge in [-0.15, -0.1) is 0 Å². The van der Waals surface area contributed by atoms with Crippen LogP contribution in [0.1, 0.15) is 48.6 Å². The Hall–Kier alpha value is -3.34. The van der Waals surface area contributed by atoms with Crippen molar-refractivity contribution in [2.75, 3.05) is 13.1 Å². The van der Waals surface area contributed by atoms with Gasteiger partial charge in [0.25, 0.3) is 5.91 Å². The summed E-state index contributed by atoms with van der Waals surface area (Å²) in [7, 11) is -3.51. The van der Waals surface area contributed by atoms with Crippen molar-refractivity contribution in [1.82, 2.24) is 14.5 Å². The molecule has 0 atom stereocenters. The summed E-state index contributed by atoms with van der Waals surface area (Å²) >= 11 is 0. The Labute approximate surface area is 206 Å². The second-order valence-electron chi connectivity index (χ2n) is 9.27. The first-order chi connectivity index (χ1) is 16.9. The molecule has 4 heterocycles. The van der Waals surface area contributed by atoms with E-state index in [0.717, 1.165) is 6.07 Å². The number of hydrogen-bond acceptors (Lipinski definition) is 5. The van der Waals surface area contributed by atoms with Gasteiger partial charge in [-0.1, -0.05) is 12.1 Å². The zero-order chi connectivity index (χ0) is 25.9. The number of likely N-dealkylation sites (tertiary alicyclic amines) is 1. The van der Waals surface area contributed by atoms with E-state index in [1.807, 2.05) is 0 Å². The Kier molecular flexibility index (Phi) is 5.66. The molecule has 11 heteroatoms. The topological polar surface area (TPSA) is 81.5 Å². The number of aromatic nitrogens is 2. The van der Waals surface area contributed by atoms with Gasteiger partial charge in [-0.25, -0.2) is 13.4 Å². The number of carbonyl (C=O) groups is 1. The summed E-state index contributed by atoms with van der Waals surface area (Å²) in [4.78, 5) is 18.7. The van der Waals surface area contributed by atoms with E-state index in [0.29, 0.717) is 17.1 Å². The van der Waals surface area contributed by atoms with Crippen LogP contribution in [0.15, 0.2) is 59.6 Å². The number of sulfone groups is 1. The number of amides is 1. The van der Waals surface area contributed by atoms with Crippen LogP contribution in [0.3, 0.4) is 0 Å². The molecule has 5 rings (SSSR count). The van der Waals surface area contributed by atoms with Crippen LogP contribution in [0.5, 0.6) is 5.75 Å². The molecule has 7 nitrogen and oxygen atoms in total. The quantitative estimate of drug-likeness (QED) is 0.505. The van der Waals surface area contributed by atoms with Crippen LogP contribution in [0.4, 0.5) is 13.2 Å². The molecule has 1 amide bonds. The number of carbonyl (C=O) groups excluding carboxylic acids is 1. The van der Waals surface area contributed by atoms with Crippen LogP contribution >= 0.6 is 0 Å². The molecule has 36 heavy (non-hydrogen) atoms. The number of para-hydroxylation sites is 2. The third kappa shape index (κ3) is 3.85. The number of rotatable bonds is 3. The first-order valence-corrected chi connectivity index (χ1v) is 13.1. The number of hydrogen-bond donors (Lipinski definition) is 0. The summed E-state index contributed by atoms with van der Waals surface area (Å²) in [5, 5.41) is -0.614. The zero-order valence-electron chi connectivity index (χ0n) is 19.6. The standard InChI is InChI=1S/C25H24F3N3O4S/c1-16(2)36(33,34)17-7-8-18(29-15-17)23(32)30-13-11-24(12-14-30)21-9-10-22(25(26,27)28)31(21)19-5-3-4-6-20(19)35-24/h3-10,15-16H,11-14H2,1-2H3. The van der Waals surface area contributed by atoms with E-state index in [4.69, 9.17) is 4.74 Å². The minimum atomic E-state index is -4.54. The molecule has 0 aliphatic carbocycles. The average Bonchev–Trinajstić information content (AvgIpc) is 3.32. The summed E-state index contributed by atoms with van der Waals surface area (Å²) in [6, 6.07) is 11.9. The minimum absolute atomic E-state index is 0.0437. The van der Waals surface area contributed by atoms with Gasteiger partial charge in [-0.3, -0.25) is 4.79 Å². The van der Waals surface area contributed by atoms with Gasteiger partial charge in [0.2, 0.25) is 0 Å². The summed E-state index contributed by atoms with van der Waals surface area (Å²) in [6.45, 7) is 3.61. The molecule has 2 aliphatic rings. The van der Waals surface area contributed by atoms with Gasteiger partial charge in [0.1, 0.15) is 17.1 Å². The molecule has 1 aromatic carbocycles. The fourth-order valence-corrected chi connectivity index (χ4v) is 5.80. The SMILES string of the molecule is CC(C)S(=O)(=O)c1ccc(C(=O)N2CCC3(CC2)Oc2ccccc2-n2c(C(F)(F)F)ccc23)nc1. The summed E-state index contributed by atoms with van der Waals surface area (Å²) in [5.41, 5.74) is -0.952. The zero-order valence-corrected chi connectivity index (χ0v) is 20.4. The normalized spacial score (nSPS) is 17.0. The first kappa shape index (κ1) is 24.4. The monoisotopic (exact) mass is 519 g/mol. The highest BCUT2D eigenvalue weighted by Crippen LogP contribution is 2.48. The van der Waals surface area contributed by atoms with Crippen LogP contribution < -0.4 is 4.74 Å². The lowest BCUT2D eigenvalue weighted by Gasteiger charge is -2.45. The lowest BCUT2D eigenvalue weighted by molar-refractivity contribution is -0.143. The molecule has 0 bridgehead atoms. The molecular formula is C25H24F3N3O4S. The van der Waals surface area contributed by atoms with E-state index in [1.165, 1.54) is 29.0 Å². The van der Waals surface area contributed by atoms with Crippen molar-refractivity contribution in [3.05, 3.63) is 71.8 Å². The molecule has 0 saturated carbocycles. The molecule has 0 unspecified atom stereocenters. The fourth-order valence-electron chi connectivity index (χ4n) is 4.80. The maximum Gasteiger partial charge on any atom is 0.431 e. The van der Waals surface area contributed by atoms with E-state index in [9.17, 15) is 26.4 Å². The van der Waals surface area contributed by atoms with Gasteiger partial charge < -0.3 is 14.2 Å². The largest absolute Gasteiger partial charge is 0.479 e. The molecular weight excluding hydrogens is 495 g/mol. The highest BCUT2D eigenvalue weighted by Gasteiger charge is 2.48. The smallest absolute Gasteiger partial charge is 0.431 e. The number of piperidine rings is 1. The van der Waals surface area contributed by atoms with Crippen molar-refractivity contribution in [3.63, 3.8) is 0 Å². The molecule has 2 aliphatic heterocycles. The second kappa shape index (κ2) is 8.36. The van der Waals surface area contributed by atoms with Crippen molar-refractivity contribution in [1.29, 1.82) is 0 Å². The van der Waals surface area contributed by atoms with Crippen molar-refractivity contribution < 1.29 is 31.1 Å². The molecule has 0 N–H and O–H groups in total. The second-order valence-corrected chi connectivity index (χ2v) is 11.8. The Balaban J connectivity index is 1.40. The van der Waals surface area contributed by atoms with Gasteiger partial charge in [-0.2, -0.15) is 13.2 Å². The van der Waals surface area contributed by atoms with Crippen molar-refractivity contribution in [3.8, 4) is 11.4 Å². The Morgan fingerprint density at radius 1 is 1.06 bits per heavy atom. The maximum atomic E-state index is 13.8. The van der Waals surface area contributed by atoms with Crippen molar-refractivity contribution >= 4 is 15.7 Å².